The van der Waals surface area contributed by atoms with E-state index in [4.69, 9.17) is 4.74 Å². The van der Waals surface area contributed by atoms with E-state index in [2.05, 4.69) is 19.2 Å². The van der Waals surface area contributed by atoms with Gasteiger partial charge >= 0.3 is 5.97 Å². The molecule has 19 heavy (non-hydrogen) atoms. The standard InChI is InChI=1S/C15H29NO3/c1-4-5-6-7-8-12(2)19-13-9-10-15(11-13,16-3)14(17)18/h12-13,16H,4-11H2,1-3H3,(H,17,18). The Morgan fingerprint density at radius 2 is 2.21 bits per heavy atom. The van der Waals surface area contributed by atoms with E-state index in [0.717, 1.165) is 12.8 Å². The molecule has 0 amide bonds. The molecule has 0 aromatic carbocycles. The molecule has 1 fully saturated rings. The second-order valence-electron chi connectivity index (χ2n) is 5.80. The first kappa shape index (κ1) is 16.4. The number of hydrogen-bond donors (Lipinski definition) is 2. The predicted molar refractivity (Wildman–Crippen MR) is 76.4 cm³/mol. The Morgan fingerprint density at radius 1 is 1.47 bits per heavy atom. The van der Waals surface area contributed by atoms with Crippen molar-refractivity contribution in [3.05, 3.63) is 0 Å². The molecule has 1 rings (SSSR count). The zero-order valence-corrected chi connectivity index (χ0v) is 12.6. The van der Waals surface area contributed by atoms with Crippen molar-refractivity contribution in [2.75, 3.05) is 7.05 Å². The van der Waals surface area contributed by atoms with Crippen LogP contribution in [0.3, 0.4) is 0 Å². The summed E-state index contributed by atoms with van der Waals surface area (Å²) in [6.45, 7) is 4.31. The van der Waals surface area contributed by atoms with Crippen molar-refractivity contribution in [3.8, 4) is 0 Å². The van der Waals surface area contributed by atoms with Gasteiger partial charge in [-0.3, -0.25) is 4.79 Å². The molecule has 3 unspecified atom stereocenters. The van der Waals surface area contributed by atoms with E-state index < -0.39 is 11.5 Å². The van der Waals surface area contributed by atoms with Crippen molar-refractivity contribution in [3.63, 3.8) is 0 Å². The third-order valence-electron chi connectivity index (χ3n) is 4.25. The third kappa shape index (κ3) is 4.77. The lowest BCUT2D eigenvalue weighted by Gasteiger charge is -2.24. The van der Waals surface area contributed by atoms with Crippen LogP contribution in [0.5, 0.6) is 0 Å². The first-order valence-corrected chi connectivity index (χ1v) is 7.62. The lowest BCUT2D eigenvalue weighted by atomic mass is 9.98. The van der Waals surface area contributed by atoms with Crippen LogP contribution in [-0.4, -0.2) is 35.9 Å². The van der Waals surface area contributed by atoms with Crippen molar-refractivity contribution >= 4 is 5.97 Å². The molecule has 2 N–H and O–H groups in total. The molecule has 0 bridgehead atoms. The summed E-state index contributed by atoms with van der Waals surface area (Å²) in [4.78, 5) is 11.3. The lowest BCUT2D eigenvalue weighted by Crippen LogP contribution is -2.48. The molecular formula is C15H29NO3. The van der Waals surface area contributed by atoms with E-state index in [9.17, 15) is 9.90 Å². The molecule has 0 heterocycles. The molecule has 4 heteroatoms. The number of rotatable bonds is 9. The highest BCUT2D eigenvalue weighted by molar-refractivity contribution is 5.79. The predicted octanol–water partition coefficient (Wildman–Crippen LogP) is 2.96. The largest absolute Gasteiger partial charge is 0.480 e. The third-order valence-corrected chi connectivity index (χ3v) is 4.25. The molecule has 3 atom stereocenters. The number of carbonyl (C=O) groups is 1. The van der Waals surface area contributed by atoms with E-state index in [1.54, 1.807) is 7.05 Å². The van der Waals surface area contributed by atoms with Crippen LogP contribution < -0.4 is 5.32 Å². The maximum Gasteiger partial charge on any atom is 0.323 e. The summed E-state index contributed by atoms with van der Waals surface area (Å²) in [7, 11) is 1.73. The van der Waals surface area contributed by atoms with Crippen LogP contribution in [0, 0.1) is 0 Å². The molecule has 0 radical (unpaired) electrons. The molecule has 0 aromatic heterocycles. The van der Waals surface area contributed by atoms with Gasteiger partial charge in [-0.15, -0.1) is 0 Å². The highest BCUT2D eigenvalue weighted by atomic mass is 16.5. The van der Waals surface area contributed by atoms with E-state index >= 15 is 0 Å². The van der Waals surface area contributed by atoms with Crippen LogP contribution in [0.1, 0.15) is 65.2 Å². The van der Waals surface area contributed by atoms with Crippen LogP contribution in [0.25, 0.3) is 0 Å². The second-order valence-corrected chi connectivity index (χ2v) is 5.80. The van der Waals surface area contributed by atoms with Gasteiger partial charge in [-0.25, -0.2) is 0 Å². The fraction of sp³-hybridized carbons (Fsp3) is 0.933. The maximum atomic E-state index is 11.3. The summed E-state index contributed by atoms with van der Waals surface area (Å²) in [5.41, 5.74) is -0.771. The molecule has 0 saturated heterocycles. The van der Waals surface area contributed by atoms with E-state index in [-0.39, 0.29) is 12.2 Å². The fourth-order valence-corrected chi connectivity index (χ4v) is 2.90. The number of unbranched alkanes of at least 4 members (excludes halogenated alkanes) is 3. The van der Waals surface area contributed by atoms with E-state index in [1.807, 2.05) is 0 Å². The Balaban J connectivity index is 2.29. The first-order valence-electron chi connectivity index (χ1n) is 7.62. The summed E-state index contributed by atoms with van der Waals surface area (Å²) in [5, 5.41) is 12.3. The topological polar surface area (TPSA) is 58.6 Å². The summed E-state index contributed by atoms with van der Waals surface area (Å²) < 4.78 is 6.00. The maximum absolute atomic E-state index is 11.3. The number of carboxylic acids is 1. The van der Waals surface area contributed by atoms with Crippen LogP contribution in [0.2, 0.25) is 0 Å². The van der Waals surface area contributed by atoms with Crippen LogP contribution in [0.15, 0.2) is 0 Å². The van der Waals surface area contributed by atoms with Gasteiger partial charge < -0.3 is 15.2 Å². The molecule has 0 aromatic rings. The molecule has 1 aliphatic carbocycles. The Morgan fingerprint density at radius 3 is 2.74 bits per heavy atom. The van der Waals surface area contributed by atoms with Crippen molar-refractivity contribution in [1.29, 1.82) is 0 Å². The van der Waals surface area contributed by atoms with E-state index in [1.165, 1.54) is 25.7 Å². The minimum absolute atomic E-state index is 0.0877. The minimum Gasteiger partial charge on any atom is -0.480 e. The summed E-state index contributed by atoms with van der Waals surface area (Å²) in [6, 6.07) is 0. The summed E-state index contributed by atoms with van der Waals surface area (Å²) >= 11 is 0. The molecule has 4 nitrogen and oxygen atoms in total. The van der Waals surface area contributed by atoms with Gasteiger partial charge in [0.2, 0.25) is 0 Å². The van der Waals surface area contributed by atoms with Gasteiger partial charge in [-0.05, 0) is 33.2 Å². The summed E-state index contributed by atoms with van der Waals surface area (Å²) in [6.07, 6.45) is 8.50. The number of likely N-dealkylation sites (N-methyl/N-ethyl adjacent to an activating group) is 1. The molecule has 1 aliphatic rings. The van der Waals surface area contributed by atoms with Gasteiger partial charge in [-0.1, -0.05) is 32.6 Å². The fourth-order valence-electron chi connectivity index (χ4n) is 2.90. The summed E-state index contributed by atoms with van der Waals surface area (Å²) in [5.74, 6) is -0.753. The quantitative estimate of drug-likeness (QED) is 0.633. The van der Waals surface area contributed by atoms with E-state index in [0.29, 0.717) is 12.8 Å². The number of ether oxygens (including phenoxy) is 1. The zero-order chi connectivity index (χ0) is 14.3. The average molecular weight is 271 g/mol. The van der Waals surface area contributed by atoms with Crippen LogP contribution in [-0.2, 0) is 9.53 Å². The van der Waals surface area contributed by atoms with Gasteiger partial charge in [-0.2, -0.15) is 0 Å². The van der Waals surface area contributed by atoms with Crippen LogP contribution >= 0.6 is 0 Å². The number of nitrogens with one attached hydrogen (secondary N) is 1. The molecule has 1 saturated carbocycles. The van der Waals surface area contributed by atoms with Crippen LogP contribution in [0.4, 0.5) is 0 Å². The number of hydrogen-bond acceptors (Lipinski definition) is 3. The average Bonchev–Trinajstić information content (AvgIpc) is 2.79. The second kappa shape index (κ2) is 7.85. The van der Waals surface area contributed by atoms with Gasteiger partial charge in [0.25, 0.3) is 0 Å². The number of carboxylic acid groups (broad SMARTS) is 1. The van der Waals surface area contributed by atoms with Gasteiger partial charge in [0.1, 0.15) is 5.54 Å². The van der Waals surface area contributed by atoms with Crippen molar-refractivity contribution < 1.29 is 14.6 Å². The lowest BCUT2D eigenvalue weighted by molar-refractivity contribution is -0.145. The highest BCUT2D eigenvalue weighted by Gasteiger charge is 2.45. The van der Waals surface area contributed by atoms with Crippen molar-refractivity contribution in [2.24, 2.45) is 0 Å². The number of aliphatic carboxylic acids is 1. The Kier molecular flexibility index (Phi) is 6.80. The zero-order valence-electron chi connectivity index (χ0n) is 12.6. The highest BCUT2D eigenvalue weighted by Crippen LogP contribution is 2.33. The Labute approximate surface area is 116 Å². The molecule has 0 aliphatic heterocycles. The van der Waals surface area contributed by atoms with Crippen molar-refractivity contribution in [2.45, 2.75) is 83.0 Å². The van der Waals surface area contributed by atoms with Crippen molar-refractivity contribution in [1.82, 2.24) is 5.32 Å². The smallest absolute Gasteiger partial charge is 0.323 e. The van der Waals surface area contributed by atoms with Gasteiger partial charge in [0.15, 0.2) is 0 Å². The molecule has 0 spiro atoms. The van der Waals surface area contributed by atoms with Gasteiger partial charge in [0.05, 0.1) is 12.2 Å². The Hall–Kier alpha value is -0.610. The first-order chi connectivity index (χ1) is 9.04. The Bertz CT molecular complexity index is 283. The minimum atomic E-state index is -0.771. The van der Waals surface area contributed by atoms with Gasteiger partial charge in [0, 0.05) is 6.42 Å². The monoisotopic (exact) mass is 271 g/mol. The normalized spacial score (nSPS) is 28.5. The molecule has 112 valence electrons. The molecular weight excluding hydrogens is 242 g/mol. The SMILES string of the molecule is CCCCCCC(C)OC1CCC(NC)(C(=O)O)C1.